The summed E-state index contributed by atoms with van der Waals surface area (Å²) < 4.78 is 5.49. The van der Waals surface area contributed by atoms with Crippen LogP contribution in [0.1, 0.15) is 52.6 Å². The minimum atomic E-state index is -0.761. The predicted molar refractivity (Wildman–Crippen MR) is 145 cm³/mol. The van der Waals surface area contributed by atoms with E-state index in [1.165, 1.54) is 4.90 Å². The number of carbonyl (C=O) groups is 3. The van der Waals surface area contributed by atoms with Crippen molar-refractivity contribution in [2.45, 2.75) is 32.6 Å². The summed E-state index contributed by atoms with van der Waals surface area (Å²) in [5.41, 5.74) is 15.7. The Hall–Kier alpha value is -4.96. The molecule has 39 heavy (non-hydrogen) atoms. The highest BCUT2D eigenvalue weighted by atomic mass is 16.5. The number of hydrogen-bond acceptors (Lipinski definition) is 7. The second-order valence-electron chi connectivity index (χ2n) is 8.75. The number of ether oxygens (including phenoxy) is 1. The first kappa shape index (κ1) is 27.1. The fraction of sp³-hybridized carbons (Fsp3) is 0.296. The van der Waals surface area contributed by atoms with Crippen molar-refractivity contribution in [3.63, 3.8) is 0 Å². The number of azide groups is 1. The van der Waals surface area contributed by atoms with Gasteiger partial charge in [-0.15, -0.1) is 0 Å². The number of nitrogens with zero attached hydrogens (tertiary/aromatic N) is 6. The fourth-order valence-corrected chi connectivity index (χ4v) is 4.25. The van der Waals surface area contributed by atoms with Crippen LogP contribution in [0.5, 0.6) is 5.75 Å². The first-order valence-corrected chi connectivity index (χ1v) is 12.6. The molecule has 2 aromatic carbocycles. The minimum absolute atomic E-state index is 0.0194. The Morgan fingerprint density at radius 2 is 1.95 bits per heavy atom. The van der Waals surface area contributed by atoms with E-state index < -0.39 is 5.91 Å². The molecule has 12 heteroatoms. The van der Waals surface area contributed by atoms with Crippen LogP contribution in [0.2, 0.25) is 0 Å². The van der Waals surface area contributed by atoms with Crippen molar-refractivity contribution in [3.05, 3.63) is 75.8 Å². The molecule has 1 aromatic heterocycles. The Bertz CT molecular complexity index is 1430. The molecule has 0 radical (unpaired) electrons. The zero-order valence-electron chi connectivity index (χ0n) is 21.5. The van der Waals surface area contributed by atoms with Gasteiger partial charge in [0.05, 0.1) is 18.7 Å². The van der Waals surface area contributed by atoms with Crippen LogP contribution in [0, 0.1) is 0 Å². The van der Waals surface area contributed by atoms with E-state index in [0.29, 0.717) is 47.8 Å². The highest BCUT2D eigenvalue weighted by molar-refractivity contribution is 6.10. The maximum Gasteiger partial charge on any atom is 0.267 e. The lowest BCUT2D eigenvalue weighted by molar-refractivity contribution is -0.116. The number of hydrogen-bond donors (Lipinski definition) is 2. The SMILES string of the molecule is CCOc1ccc(-c2nc(C(N)=O)c3c(n2)N(c2cccc(C(=O)NCCCCCN=[N+]=[N-])c2)C(=O)C3)cc1. The molecule has 0 fully saturated rings. The summed E-state index contributed by atoms with van der Waals surface area (Å²) in [6.07, 6.45) is 2.21. The van der Waals surface area contributed by atoms with Crippen molar-refractivity contribution < 1.29 is 19.1 Å². The van der Waals surface area contributed by atoms with Crippen LogP contribution in [-0.4, -0.2) is 47.4 Å². The van der Waals surface area contributed by atoms with E-state index in [0.717, 1.165) is 19.3 Å². The number of nitrogens with one attached hydrogen (secondary N) is 1. The van der Waals surface area contributed by atoms with Crippen LogP contribution in [0.3, 0.4) is 0 Å². The van der Waals surface area contributed by atoms with E-state index in [4.69, 9.17) is 16.0 Å². The molecule has 0 spiro atoms. The van der Waals surface area contributed by atoms with Gasteiger partial charge in [-0.1, -0.05) is 17.6 Å². The van der Waals surface area contributed by atoms with E-state index in [-0.39, 0.29) is 35.6 Å². The molecule has 12 nitrogen and oxygen atoms in total. The summed E-state index contributed by atoms with van der Waals surface area (Å²) in [5.74, 6) is -0.192. The Morgan fingerprint density at radius 1 is 1.15 bits per heavy atom. The van der Waals surface area contributed by atoms with Crippen molar-refractivity contribution in [1.82, 2.24) is 15.3 Å². The molecule has 1 aliphatic heterocycles. The van der Waals surface area contributed by atoms with Gasteiger partial charge in [-0.3, -0.25) is 19.3 Å². The lowest BCUT2D eigenvalue weighted by Crippen LogP contribution is -2.26. The van der Waals surface area contributed by atoms with Crippen molar-refractivity contribution in [1.29, 1.82) is 0 Å². The molecule has 0 atom stereocenters. The Morgan fingerprint density at radius 3 is 2.67 bits per heavy atom. The van der Waals surface area contributed by atoms with Gasteiger partial charge in [0, 0.05) is 34.7 Å². The third-order valence-corrected chi connectivity index (χ3v) is 6.08. The smallest absolute Gasteiger partial charge is 0.267 e. The lowest BCUT2D eigenvalue weighted by Gasteiger charge is -2.18. The number of benzene rings is 2. The van der Waals surface area contributed by atoms with Gasteiger partial charge in [-0.05, 0) is 67.8 Å². The molecule has 3 aromatic rings. The van der Waals surface area contributed by atoms with E-state index in [1.54, 1.807) is 48.5 Å². The molecular weight excluding hydrogens is 500 g/mol. The molecule has 0 saturated heterocycles. The molecule has 2 heterocycles. The number of amides is 3. The Kier molecular flexibility index (Phi) is 8.70. The topological polar surface area (TPSA) is 176 Å². The minimum Gasteiger partial charge on any atom is -0.494 e. The summed E-state index contributed by atoms with van der Waals surface area (Å²) in [7, 11) is 0. The van der Waals surface area contributed by atoms with Crippen molar-refractivity contribution >= 4 is 29.2 Å². The largest absolute Gasteiger partial charge is 0.494 e. The fourth-order valence-electron chi connectivity index (χ4n) is 4.25. The maximum absolute atomic E-state index is 13.1. The highest BCUT2D eigenvalue weighted by Crippen LogP contribution is 2.37. The molecule has 0 saturated carbocycles. The molecule has 3 amide bonds. The van der Waals surface area contributed by atoms with E-state index in [1.807, 2.05) is 6.92 Å². The standard InChI is InChI=1S/C27H28N8O4/c1-2-39-20-11-9-17(10-12-20)25-32-23(24(28)37)21-16-22(36)35(26(21)33-25)19-8-6-7-18(15-19)27(38)30-13-4-3-5-14-31-34-29/h6-12,15H,2-5,13-14,16H2,1H3,(H2,28,37)(H,30,38). The molecule has 0 aliphatic carbocycles. The predicted octanol–water partition coefficient (Wildman–Crippen LogP) is 4.07. The van der Waals surface area contributed by atoms with E-state index >= 15 is 0 Å². The second kappa shape index (κ2) is 12.5. The first-order valence-electron chi connectivity index (χ1n) is 12.6. The van der Waals surface area contributed by atoms with Gasteiger partial charge < -0.3 is 15.8 Å². The van der Waals surface area contributed by atoms with Gasteiger partial charge in [0.2, 0.25) is 5.91 Å². The molecule has 4 rings (SSSR count). The third-order valence-electron chi connectivity index (χ3n) is 6.08. The van der Waals surface area contributed by atoms with Gasteiger partial charge >= 0.3 is 0 Å². The summed E-state index contributed by atoms with van der Waals surface area (Å²) in [6.45, 7) is 3.30. The Labute approximate surface area is 224 Å². The number of fused-ring (bicyclic) bond motifs is 1. The van der Waals surface area contributed by atoms with Crippen molar-refractivity contribution in [2.75, 3.05) is 24.6 Å². The van der Waals surface area contributed by atoms with Crippen molar-refractivity contribution in [2.24, 2.45) is 10.8 Å². The summed E-state index contributed by atoms with van der Waals surface area (Å²) in [4.78, 5) is 51.3. The summed E-state index contributed by atoms with van der Waals surface area (Å²) >= 11 is 0. The van der Waals surface area contributed by atoms with Crippen LogP contribution in [-0.2, 0) is 11.2 Å². The third kappa shape index (κ3) is 6.31. The summed E-state index contributed by atoms with van der Waals surface area (Å²) in [5, 5.41) is 6.35. The average Bonchev–Trinajstić information content (AvgIpc) is 3.28. The van der Waals surface area contributed by atoms with Gasteiger partial charge in [-0.2, -0.15) is 0 Å². The normalized spacial score (nSPS) is 12.0. The molecule has 1 aliphatic rings. The highest BCUT2D eigenvalue weighted by Gasteiger charge is 2.35. The maximum atomic E-state index is 13.1. The number of primary amides is 1. The van der Waals surface area contributed by atoms with Gasteiger partial charge in [0.1, 0.15) is 17.3 Å². The zero-order valence-corrected chi connectivity index (χ0v) is 21.5. The number of aromatic nitrogens is 2. The van der Waals surface area contributed by atoms with Crippen LogP contribution in [0.4, 0.5) is 11.5 Å². The Balaban J connectivity index is 1.59. The van der Waals surface area contributed by atoms with Gasteiger partial charge in [0.15, 0.2) is 5.82 Å². The molecule has 0 bridgehead atoms. The number of carbonyl (C=O) groups excluding carboxylic acids is 3. The van der Waals surface area contributed by atoms with Crippen LogP contribution in [0.15, 0.2) is 53.6 Å². The number of rotatable bonds is 12. The molecule has 3 N–H and O–H groups in total. The molecular formula is C27H28N8O4. The molecule has 200 valence electrons. The average molecular weight is 529 g/mol. The lowest BCUT2D eigenvalue weighted by atomic mass is 10.1. The monoisotopic (exact) mass is 528 g/mol. The first-order chi connectivity index (χ1) is 18.9. The second-order valence-corrected chi connectivity index (χ2v) is 8.75. The van der Waals surface area contributed by atoms with Gasteiger partial charge in [0.25, 0.3) is 11.8 Å². The van der Waals surface area contributed by atoms with Crippen LogP contribution in [0.25, 0.3) is 21.8 Å². The zero-order chi connectivity index (χ0) is 27.8. The van der Waals surface area contributed by atoms with E-state index in [9.17, 15) is 14.4 Å². The quantitative estimate of drug-likeness (QED) is 0.155. The number of nitrogens with two attached hydrogens (primary N) is 1. The summed E-state index contributed by atoms with van der Waals surface area (Å²) in [6, 6.07) is 13.7. The van der Waals surface area contributed by atoms with Crippen molar-refractivity contribution in [3.8, 4) is 17.1 Å². The number of unbranched alkanes of at least 4 members (excludes halogenated alkanes) is 2. The molecule has 0 unspecified atom stereocenters. The van der Waals surface area contributed by atoms with Gasteiger partial charge in [-0.25, -0.2) is 9.97 Å². The number of anilines is 2. The van der Waals surface area contributed by atoms with Crippen LogP contribution >= 0.6 is 0 Å². The van der Waals surface area contributed by atoms with Crippen LogP contribution < -0.4 is 20.7 Å². The van der Waals surface area contributed by atoms with E-state index in [2.05, 4.69) is 25.3 Å².